The van der Waals surface area contributed by atoms with Gasteiger partial charge in [-0.15, -0.1) is 6.58 Å². The van der Waals surface area contributed by atoms with E-state index in [0.29, 0.717) is 6.04 Å². The Bertz CT molecular complexity index is 118. The van der Waals surface area contributed by atoms with E-state index in [9.17, 15) is 0 Å². The smallest absolute Gasteiger partial charge is 0.0694 e. The van der Waals surface area contributed by atoms with Gasteiger partial charge in [0.05, 0.1) is 6.04 Å². The van der Waals surface area contributed by atoms with Gasteiger partial charge in [0.25, 0.3) is 0 Å². The van der Waals surface area contributed by atoms with E-state index in [1.165, 1.54) is 0 Å². The van der Waals surface area contributed by atoms with Crippen molar-refractivity contribution < 1.29 is 0 Å². The van der Waals surface area contributed by atoms with Crippen molar-refractivity contribution in [1.82, 2.24) is 5.01 Å². The average molecular weight is 110 g/mol. The molecule has 0 saturated heterocycles. The van der Waals surface area contributed by atoms with E-state index >= 15 is 0 Å². The van der Waals surface area contributed by atoms with Gasteiger partial charge in [0.15, 0.2) is 0 Å². The van der Waals surface area contributed by atoms with Gasteiger partial charge in [-0.05, 0) is 0 Å². The fraction of sp³-hybridized carbons (Fsp3) is 0.500. The van der Waals surface area contributed by atoms with Gasteiger partial charge in [-0.1, -0.05) is 6.08 Å². The Balaban J connectivity index is 2.50. The molecule has 1 heterocycles. The van der Waals surface area contributed by atoms with Gasteiger partial charge in [0, 0.05) is 19.7 Å². The zero-order valence-corrected chi connectivity index (χ0v) is 5.04. The quantitative estimate of drug-likeness (QED) is 0.457. The highest BCUT2D eigenvalue weighted by molar-refractivity contribution is 5.60. The number of nitrogens with zero attached hydrogens (tertiary/aromatic N) is 2. The molecule has 44 valence electrons. The number of hydrazone groups is 1. The first-order chi connectivity index (χ1) is 3.84. The van der Waals surface area contributed by atoms with Crippen molar-refractivity contribution in [3.63, 3.8) is 0 Å². The summed E-state index contributed by atoms with van der Waals surface area (Å²) >= 11 is 0. The molecule has 1 atom stereocenters. The standard InChI is InChI=1S/C6H10N2/c1-3-6-4-5-7-8(6)2/h3,5-6H,1,4H2,2H3. The van der Waals surface area contributed by atoms with E-state index < -0.39 is 0 Å². The summed E-state index contributed by atoms with van der Waals surface area (Å²) in [5, 5.41) is 5.94. The fourth-order valence-electron chi connectivity index (χ4n) is 0.771. The van der Waals surface area contributed by atoms with Crippen LogP contribution in [0, 0.1) is 0 Å². The molecule has 0 spiro atoms. The third-order valence-corrected chi connectivity index (χ3v) is 1.36. The summed E-state index contributed by atoms with van der Waals surface area (Å²) in [6.45, 7) is 3.67. The molecule has 0 amide bonds. The van der Waals surface area contributed by atoms with Crippen LogP contribution in [0.5, 0.6) is 0 Å². The van der Waals surface area contributed by atoms with Crippen molar-refractivity contribution in [2.75, 3.05) is 7.05 Å². The predicted molar refractivity (Wildman–Crippen MR) is 34.9 cm³/mol. The first-order valence-electron chi connectivity index (χ1n) is 2.72. The molecule has 0 N–H and O–H groups in total. The SMILES string of the molecule is C=CC1CC=NN1C. The van der Waals surface area contributed by atoms with Gasteiger partial charge in [-0.25, -0.2) is 0 Å². The maximum absolute atomic E-state index is 4.03. The van der Waals surface area contributed by atoms with Gasteiger partial charge in [-0.2, -0.15) is 5.10 Å². The summed E-state index contributed by atoms with van der Waals surface area (Å²) in [5.74, 6) is 0. The molecule has 0 aromatic carbocycles. The van der Waals surface area contributed by atoms with E-state index in [4.69, 9.17) is 0 Å². The molecule has 0 fully saturated rings. The lowest BCUT2D eigenvalue weighted by Gasteiger charge is -2.13. The van der Waals surface area contributed by atoms with E-state index in [1.807, 2.05) is 24.3 Å². The predicted octanol–water partition coefficient (Wildman–Crippen LogP) is 0.862. The summed E-state index contributed by atoms with van der Waals surface area (Å²) in [7, 11) is 1.95. The molecule has 0 aromatic heterocycles. The van der Waals surface area contributed by atoms with Crippen LogP contribution >= 0.6 is 0 Å². The van der Waals surface area contributed by atoms with Crippen LogP contribution in [0.2, 0.25) is 0 Å². The van der Waals surface area contributed by atoms with Crippen LogP contribution in [0.15, 0.2) is 17.8 Å². The molecule has 1 rings (SSSR count). The molecule has 1 aliphatic rings. The van der Waals surface area contributed by atoms with Crippen LogP contribution in [0.3, 0.4) is 0 Å². The second-order valence-corrected chi connectivity index (χ2v) is 1.91. The third kappa shape index (κ3) is 0.735. The first kappa shape index (κ1) is 5.35. The summed E-state index contributed by atoms with van der Waals surface area (Å²) in [5.41, 5.74) is 0. The van der Waals surface area contributed by atoms with Gasteiger partial charge in [0.1, 0.15) is 0 Å². The maximum Gasteiger partial charge on any atom is 0.0694 e. The van der Waals surface area contributed by atoms with Crippen LogP contribution in [-0.4, -0.2) is 24.3 Å². The topological polar surface area (TPSA) is 15.6 Å². The third-order valence-electron chi connectivity index (χ3n) is 1.36. The van der Waals surface area contributed by atoms with Crippen LogP contribution in [0.25, 0.3) is 0 Å². The van der Waals surface area contributed by atoms with Crippen LogP contribution in [-0.2, 0) is 0 Å². The summed E-state index contributed by atoms with van der Waals surface area (Å²) < 4.78 is 0. The molecular formula is C6H10N2. The molecule has 0 saturated carbocycles. The van der Waals surface area contributed by atoms with Crippen molar-refractivity contribution in [1.29, 1.82) is 0 Å². The van der Waals surface area contributed by atoms with Crippen molar-refractivity contribution in [3.05, 3.63) is 12.7 Å². The fourth-order valence-corrected chi connectivity index (χ4v) is 0.771. The zero-order valence-electron chi connectivity index (χ0n) is 5.04. The van der Waals surface area contributed by atoms with Gasteiger partial charge in [0.2, 0.25) is 0 Å². The Morgan fingerprint density at radius 3 is 3.00 bits per heavy atom. The lowest BCUT2D eigenvalue weighted by molar-refractivity contribution is 0.330. The van der Waals surface area contributed by atoms with Crippen LogP contribution in [0.1, 0.15) is 6.42 Å². The molecule has 0 aromatic rings. The normalized spacial score (nSPS) is 26.6. The molecule has 0 radical (unpaired) electrons. The van der Waals surface area contributed by atoms with E-state index in [-0.39, 0.29) is 0 Å². The Kier molecular flexibility index (Phi) is 1.33. The number of hydrogen-bond donors (Lipinski definition) is 0. The van der Waals surface area contributed by atoms with Crippen molar-refractivity contribution in [2.24, 2.45) is 5.10 Å². The number of hydrogen-bond acceptors (Lipinski definition) is 2. The largest absolute Gasteiger partial charge is 0.293 e. The summed E-state index contributed by atoms with van der Waals surface area (Å²) in [4.78, 5) is 0. The molecule has 0 aliphatic carbocycles. The maximum atomic E-state index is 4.03. The van der Waals surface area contributed by atoms with Gasteiger partial charge in [-0.3, -0.25) is 5.01 Å². The first-order valence-corrected chi connectivity index (χ1v) is 2.72. The lowest BCUT2D eigenvalue weighted by Crippen LogP contribution is -2.18. The average Bonchev–Trinajstić information content (AvgIpc) is 2.14. The molecular weight excluding hydrogens is 100 g/mol. The van der Waals surface area contributed by atoms with E-state index in [2.05, 4.69) is 11.7 Å². The van der Waals surface area contributed by atoms with Crippen LogP contribution in [0.4, 0.5) is 0 Å². The van der Waals surface area contributed by atoms with Crippen LogP contribution < -0.4 is 0 Å². The Labute approximate surface area is 49.5 Å². The minimum atomic E-state index is 0.440. The molecule has 1 aliphatic heterocycles. The molecule has 2 nitrogen and oxygen atoms in total. The Morgan fingerprint density at radius 2 is 2.75 bits per heavy atom. The van der Waals surface area contributed by atoms with Gasteiger partial charge >= 0.3 is 0 Å². The molecule has 1 unspecified atom stereocenters. The highest BCUT2D eigenvalue weighted by Gasteiger charge is 2.10. The van der Waals surface area contributed by atoms with Crippen molar-refractivity contribution >= 4 is 6.21 Å². The number of rotatable bonds is 1. The second-order valence-electron chi connectivity index (χ2n) is 1.91. The Hall–Kier alpha value is -0.790. The zero-order chi connectivity index (χ0) is 5.98. The monoisotopic (exact) mass is 110 g/mol. The van der Waals surface area contributed by atoms with Crippen molar-refractivity contribution in [2.45, 2.75) is 12.5 Å². The molecule has 8 heavy (non-hydrogen) atoms. The lowest BCUT2D eigenvalue weighted by atomic mass is 10.2. The minimum Gasteiger partial charge on any atom is -0.293 e. The summed E-state index contributed by atoms with van der Waals surface area (Å²) in [6, 6.07) is 0.440. The Morgan fingerprint density at radius 1 is 2.00 bits per heavy atom. The highest BCUT2D eigenvalue weighted by Crippen LogP contribution is 2.07. The minimum absolute atomic E-state index is 0.440. The van der Waals surface area contributed by atoms with E-state index in [1.54, 1.807) is 0 Å². The molecule has 0 bridgehead atoms. The summed E-state index contributed by atoms with van der Waals surface area (Å²) in [6.07, 6.45) is 4.83. The van der Waals surface area contributed by atoms with Crippen molar-refractivity contribution in [3.8, 4) is 0 Å². The van der Waals surface area contributed by atoms with Gasteiger partial charge < -0.3 is 0 Å². The second kappa shape index (κ2) is 1.99. The highest BCUT2D eigenvalue weighted by atomic mass is 15.5. The number of likely N-dealkylation sites (N-methyl/N-ethyl adjacent to an activating group) is 1. The van der Waals surface area contributed by atoms with E-state index in [0.717, 1.165) is 6.42 Å². The molecule has 2 heteroatoms.